The fourth-order valence-corrected chi connectivity index (χ4v) is 4.23. The highest BCUT2D eigenvalue weighted by atomic mass is 32.2. The number of benzene rings is 2. The molecule has 30 heavy (non-hydrogen) atoms. The fraction of sp³-hybridized carbons (Fsp3) is 0.174. The summed E-state index contributed by atoms with van der Waals surface area (Å²) in [4.78, 5) is 30.9. The van der Waals surface area contributed by atoms with Crippen LogP contribution in [0.3, 0.4) is 0 Å². The third-order valence-corrected chi connectivity index (χ3v) is 6.13. The first-order valence-electron chi connectivity index (χ1n) is 9.28. The third kappa shape index (κ3) is 4.86. The molecule has 1 N–H and O–H groups in total. The number of aliphatic hydroxyl groups is 1. The van der Waals surface area contributed by atoms with Gasteiger partial charge in [0.15, 0.2) is 0 Å². The van der Waals surface area contributed by atoms with Gasteiger partial charge < -0.3 is 9.84 Å². The Morgan fingerprint density at radius 2 is 1.87 bits per heavy atom. The average Bonchev–Trinajstić information content (AvgIpc) is 3.03. The van der Waals surface area contributed by atoms with E-state index < -0.39 is 11.9 Å². The summed E-state index contributed by atoms with van der Waals surface area (Å²) in [7, 11) is 0. The second-order valence-corrected chi connectivity index (χ2v) is 8.28. The van der Waals surface area contributed by atoms with Crippen molar-refractivity contribution in [2.75, 3.05) is 12.9 Å². The van der Waals surface area contributed by atoms with Crippen LogP contribution in [0.1, 0.15) is 28.4 Å². The van der Waals surface area contributed by atoms with Gasteiger partial charge in [-0.25, -0.2) is 9.79 Å². The summed E-state index contributed by atoms with van der Waals surface area (Å²) in [5.41, 5.74) is 2.00. The first-order valence-corrected chi connectivity index (χ1v) is 11.3. The van der Waals surface area contributed by atoms with E-state index in [1.807, 2.05) is 49.6 Å². The molecule has 0 aliphatic carbocycles. The summed E-state index contributed by atoms with van der Waals surface area (Å²) in [6, 6.07) is 14.9. The van der Waals surface area contributed by atoms with Crippen LogP contribution < -0.4 is 0 Å². The van der Waals surface area contributed by atoms with Crippen LogP contribution in [0.15, 0.2) is 74.7 Å². The van der Waals surface area contributed by atoms with Crippen molar-refractivity contribution in [1.29, 1.82) is 0 Å². The number of hydrogen-bond acceptors (Lipinski definition) is 6. The zero-order chi connectivity index (χ0) is 21.7. The van der Waals surface area contributed by atoms with E-state index in [0.29, 0.717) is 10.5 Å². The topological polar surface area (TPSA) is 76.0 Å². The summed E-state index contributed by atoms with van der Waals surface area (Å²) in [6.07, 6.45) is 3.75. The molecule has 0 saturated heterocycles. The molecule has 0 aromatic heterocycles. The smallest absolute Gasteiger partial charge is 0.344 e. The van der Waals surface area contributed by atoms with Gasteiger partial charge in [-0.3, -0.25) is 4.79 Å². The van der Waals surface area contributed by atoms with Crippen LogP contribution in [0.25, 0.3) is 6.08 Å². The van der Waals surface area contributed by atoms with Crippen molar-refractivity contribution < 1.29 is 19.4 Å². The zero-order valence-corrected chi connectivity index (χ0v) is 18.5. The highest BCUT2D eigenvalue weighted by Crippen LogP contribution is 2.39. The standard InChI is InChI=1S/C23H21NO4S2/c1-4-28-23(27)19-20(25)18(13-15-9-11-16(29-3)12-10-15)30-22(19)24-21(26)17-8-6-5-7-14(17)2/h5-13,25H,4H2,1-3H3/b18-13-,24-22?. The van der Waals surface area contributed by atoms with E-state index in [0.717, 1.165) is 27.8 Å². The number of thioether (sulfide) groups is 2. The number of carbonyl (C=O) groups is 2. The van der Waals surface area contributed by atoms with Crippen LogP contribution in [0.4, 0.5) is 0 Å². The Labute approximate surface area is 183 Å². The number of amides is 1. The number of rotatable bonds is 5. The minimum Gasteiger partial charge on any atom is -0.506 e. The maximum absolute atomic E-state index is 12.7. The van der Waals surface area contributed by atoms with Crippen molar-refractivity contribution in [2.24, 2.45) is 4.99 Å². The molecule has 0 radical (unpaired) electrons. The van der Waals surface area contributed by atoms with Gasteiger partial charge in [-0.05, 0) is 55.5 Å². The van der Waals surface area contributed by atoms with E-state index in [2.05, 4.69) is 4.99 Å². The van der Waals surface area contributed by atoms with E-state index in [1.165, 1.54) is 0 Å². The lowest BCUT2D eigenvalue weighted by Crippen LogP contribution is -2.14. The van der Waals surface area contributed by atoms with Crippen LogP contribution in [0.5, 0.6) is 0 Å². The number of aryl methyl sites for hydroxylation is 1. The Bertz CT molecular complexity index is 1070. The molecule has 1 aliphatic heterocycles. The van der Waals surface area contributed by atoms with Gasteiger partial charge >= 0.3 is 5.97 Å². The van der Waals surface area contributed by atoms with Crippen LogP contribution in [-0.2, 0) is 9.53 Å². The molecule has 5 nitrogen and oxygen atoms in total. The number of nitrogens with zero attached hydrogens (tertiary/aromatic N) is 1. The number of aliphatic imine (C=N–C) groups is 1. The van der Waals surface area contributed by atoms with Gasteiger partial charge in [-0.1, -0.05) is 42.1 Å². The van der Waals surface area contributed by atoms with Gasteiger partial charge in [0, 0.05) is 10.5 Å². The first-order chi connectivity index (χ1) is 14.4. The van der Waals surface area contributed by atoms with Crippen LogP contribution in [-0.4, -0.2) is 34.9 Å². The van der Waals surface area contributed by atoms with Crippen LogP contribution in [0.2, 0.25) is 0 Å². The largest absolute Gasteiger partial charge is 0.506 e. The SMILES string of the molecule is CCOC(=O)C1=C(O)/C(=C/c2ccc(SC)cc2)SC1=NC(=O)c1ccccc1C. The lowest BCUT2D eigenvalue weighted by atomic mass is 10.1. The van der Waals surface area contributed by atoms with E-state index >= 15 is 0 Å². The maximum atomic E-state index is 12.7. The molecule has 1 amide bonds. The van der Waals surface area contributed by atoms with E-state index in [4.69, 9.17) is 4.74 Å². The molecule has 3 rings (SSSR count). The zero-order valence-electron chi connectivity index (χ0n) is 16.8. The second-order valence-electron chi connectivity index (χ2n) is 6.36. The monoisotopic (exact) mass is 439 g/mol. The molecule has 2 aromatic rings. The van der Waals surface area contributed by atoms with E-state index in [9.17, 15) is 14.7 Å². The number of esters is 1. The van der Waals surface area contributed by atoms with Crippen molar-refractivity contribution in [3.05, 3.63) is 81.5 Å². The third-order valence-electron chi connectivity index (χ3n) is 4.36. The van der Waals surface area contributed by atoms with Crippen molar-refractivity contribution in [3.63, 3.8) is 0 Å². The van der Waals surface area contributed by atoms with E-state index in [1.54, 1.807) is 36.9 Å². The van der Waals surface area contributed by atoms with E-state index in [-0.39, 0.29) is 23.0 Å². The van der Waals surface area contributed by atoms with Gasteiger partial charge in [0.1, 0.15) is 16.4 Å². The molecule has 154 valence electrons. The van der Waals surface area contributed by atoms with Gasteiger partial charge in [0.25, 0.3) is 5.91 Å². The number of ether oxygens (including phenoxy) is 1. The summed E-state index contributed by atoms with van der Waals surface area (Å²) < 4.78 is 5.07. The predicted octanol–water partition coefficient (Wildman–Crippen LogP) is 5.42. The molecule has 2 aromatic carbocycles. The number of hydrogen-bond donors (Lipinski definition) is 1. The maximum Gasteiger partial charge on any atom is 0.344 e. The Morgan fingerprint density at radius 1 is 1.17 bits per heavy atom. The quantitative estimate of drug-likeness (QED) is 0.495. The molecular formula is C23H21NO4S2. The Balaban J connectivity index is 2.00. The van der Waals surface area contributed by atoms with Crippen molar-refractivity contribution in [1.82, 2.24) is 0 Å². The van der Waals surface area contributed by atoms with Crippen LogP contribution in [0, 0.1) is 6.92 Å². The minimum absolute atomic E-state index is 0.0873. The highest BCUT2D eigenvalue weighted by Gasteiger charge is 2.34. The molecule has 1 heterocycles. The van der Waals surface area contributed by atoms with Gasteiger partial charge in [0.2, 0.25) is 0 Å². The summed E-state index contributed by atoms with van der Waals surface area (Å²) >= 11 is 2.71. The molecule has 7 heteroatoms. The fourth-order valence-electron chi connectivity index (χ4n) is 2.81. The summed E-state index contributed by atoms with van der Waals surface area (Å²) in [5, 5.41) is 10.8. The molecule has 0 bridgehead atoms. The molecule has 0 spiro atoms. The van der Waals surface area contributed by atoms with Crippen molar-refractivity contribution in [3.8, 4) is 0 Å². The molecule has 0 saturated carbocycles. The van der Waals surface area contributed by atoms with Gasteiger partial charge in [-0.2, -0.15) is 0 Å². The highest BCUT2D eigenvalue weighted by molar-refractivity contribution is 8.18. The normalized spacial score (nSPS) is 16.4. The summed E-state index contributed by atoms with van der Waals surface area (Å²) in [6.45, 7) is 3.64. The Morgan fingerprint density at radius 3 is 2.50 bits per heavy atom. The number of aliphatic hydroxyl groups excluding tert-OH is 1. The Kier molecular flexibility index (Phi) is 7.18. The van der Waals surface area contributed by atoms with Crippen LogP contribution >= 0.6 is 23.5 Å². The summed E-state index contributed by atoms with van der Waals surface area (Å²) in [5.74, 6) is -1.42. The lowest BCUT2D eigenvalue weighted by molar-refractivity contribution is -0.138. The Hall–Kier alpha value is -2.77. The number of carbonyl (C=O) groups excluding carboxylic acids is 2. The molecule has 0 unspecified atom stereocenters. The molecular weight excluding hydrogens is 418 g/mol. The second kappa shape index (κ2) is 9.82. The van der Waals surface area contributed by atoms with Gasteiger partial charge in [0.05, 0.1) is 11.5 Å². The molecule has 1 aliphatic rings. The van der Waals surface area contributed by atoms with Crippen molar-refractivity contribution in [2.45, 2.75) is 18.7 Å². The molecule has 0 fully saturated rings. The van der Waals surface area contributed by atoms with Gasteiger partial charge in [-0.15, -0.1) is 11.8 Å². The predicted molar refractivity (Wildman–Crippen MR) is 123 cm³/mol. The lowest BCUT2D eigenvalue weighted by Gasteiger charge is -2.04. The first kappa shape index (κ1) is 21.9. The minimum atomic E-state index is -0.708. The molecule has 0 atom stereocenters. The average molecular weight is 440 g/mol. The van der Waals surface area contributed by atoms with Crippen molar-refractivity contribution >= 4 is 46.5 Å².